The molecule has 0 fully saturated rings. The van der Waals surface area contributed by atoms with E-state index in [0.717, 1.165) is 62.0 Å². The van der Waals surface area contributed by atoms with E-state index in [1.54, 1.807) is 0 Å². The molecule has 0 saturated heterocycles. The van der Waals surface area contributed by atoms with Gasteiger partial charge in [-0.2, -0.15) is 0 Å². The van der Waals surface area contributed by atoms with Crippen molar-refractivity contribution in [2.45, 2.75) is 47.0 Å². The number of carbonyl (C=O) groups is 1. The molecule has 0 atom stereocenters. The highest BCUT2D eigenvalue weighted by atomic mass is 127. The molecule has 0 saturated carbocycles. The van der Waals surface area contributed by atoms with E-state index >= 15 is 0 Å². The van der Waals surface area contributed by atoms with Gasteiger partial charge in [-0.25, -0.2) is 0 Å². The fourth-order valence-corrected chi connectivity index (χ4v) is 5.31. The molecule has 0 unspecified atom stereocenters. The summed E-state index contributed by atoms with van der Waals surface area (Å²) in [5.74, 6) is 1.64. The van der Waals surface area contributed by atoms with E-state index in [1.165, 1.54) is 0 Å². The van der Waals surface area contributed by atoms with Crippen molar-refractivity contribution >= 4 is 61.9 Å². The predicted molar refractivity (Wildman–Crippen MR) is 146 cm³/mol. The van der Waals surface area contributed by atoms with Crippen molar-refractivity contribution < 1.29 is 13.9 Å². The Morgan fingerprint density at radius 3 is 2.23 bits per heavy atom. The summed E-state index contributed by atoms with van der Waals surface area (Å²) in [7, 11) is 0. The van der Waals surface area contributed by atoms with Crippen molar-refractivity contribution in [1.29, 1.82) is 0 Å². The van der Waals surface area contributed by atoms with Crippen LogP contribution < -0.4 is 10.1 Å². The van der Waals surface area contributed by atoms with Gasteiger partial charge in [0.2, 0.25) is 0 Å². The third kappa shape index (κ3) is 6.92. The molecule has 0 amide bonds. The second-order valence-corrected chi connectivity index (χ2v) is 9.31. The van der Waals surface area contributed by atoms with E-state index in [9.17, 15) is 4.79 Å². The lowest BCUT2D eigenvalue weighted by atomic mass is 9.98. The molecule has 1 aromatic heterocycles. The quantitative estimate of drug-likeness (QED) is 0.197. The van der Waals surface area contributed by atoms with Crippen molar-refractivity contribution in [2.75, 3.05) is 19.7 Å². The Kier molecular flexibility index (Phi) is 11.3. The average molecular weight is 647 g/mol. The summed E-state index contributed by atoms with van der Waals surface area (Å²) in [5, 5.41) is 4.00. The lowest BCUT2D eigenvalue weighted by Crippen LogP contribution is -2.09. The van der Waals surface area contributed by atoms with Crippen molar-refractivity contribution in [2.24, 2.45) is 0 Å². The van der Waals surface area contributed by atoms with Crippen LogP contribution in [0.1, 0.15) is 62.2 Å². The second-order valence-electron chi connectivity index (χ2n) is 6.99. The summed E-state index contributed by atoms with van der Waals surface area (Å²) in [5.41, 5.74) is 2.15. The minimum Gasteiger partial charge on any atom is -0.492 e. The Morgan fingerprint density at radius 1 is 1.03 bits per heavy atom. The summed E-state index contributed by atoms with van der Waals surface area (Å²) in [6, 6.07) is 11.6. The Labute approximate surface area is 212 Å². The molecule has 2 aromatic carbocycles. The average Bonchev–Trinajstić information content (AvgIpc) is 3.13. The molecule has 1 heterocycles. The number of aryl methyl sites for hydroxylation is 1. The van der Waals surface area contributed by atoms with Gasteiger partial charge >= 0.3 is 0 Å². The highest BCUT2D eigenvalue weighted by Gasteiger charge is 2.23. The molecule has 6 heteroatoms. The molecule has 1 N–H and O–H groups in total. The number of ketones is 1. The largest absolute Gasteiger partial charge is 0.492 e. The van der Waals surface area contributed by atoms with Gasteiger partial charge in [0, 0.05) is 17.4 Å². The zero-order valence-electron chi connectivity index (χ0n) is 18.7. The standard InChI is InChI=1S/C21H20I2O3.C4H11N/c1-3-5-9-18-19(14-8-6-7-10-17(14)26-18)20(24)13-11-15(22)21(25-4-2)16(23)12-13;1-3-5-4-2/h6-8,10-12H,3-5,9H2,1-2H3;5H,3-4H2,1-2H3. The maximum atomic E-state index is 13.4. The van der Waals surface area contributed by atoms with Gasteiger partial charge in [-0.3, -0.25) is 4.79 Å². The maximum Gasteiger partial charge on any atom is 0.197 e. The Morgan fingerprint density at radius 2 is 1.68 bits per heavy atom. The van der Waals surface area contributed by atoms with Gasteiger partial charge < -0.3 is 14.5 Å². The molecule has 3 aromatic rings. The van der Waals surface area contributed by atoms with Gasteiger partial charge in [-0.05, 0) is 89.8 Å². The SMILES string of the molecule is CCCCc1oc2ccccc2c1C(=O)c1cc(I)c(OCC)c(I)c1.CCNCC. The summed E-state index contributed by atoms with van der Waals surface area (Å²) in [4.78, 5) is 13.4. The zero-order valence-corrected chi connectivity index (χ0v) is 23.0. The molecule has 0 aliphatic carbocycles. The van der Waals surface area contributed by atoms with Crippen LogP contribution in [-0.4, -0.2) is 25.5 Å². The number of halogens is 2. The predicted octanol–water partition coefficient (Wildman–Crippen LogP) is 7.23. The smallest absolute Gasteiger partial charge is 0.197 e. The van der Waals surface area contributed by atoms with Gasteiger partial charge in [0.15, 0.2) is 5.78 Å². The number of furan rings is 1. The van der Waals surface area contributed by atoms with Crippen LogP contribution >= 0.6 is 45.2 Å². The summed E-state index contributed by atoms with van der Waals surface area (Å²) < 4.78 is 13.6. The van der Waals surface area contributed by atoms with Gasteiger partial charge in [-0.1, -0.05) is 45.4 Å². The zero-order chi connectivity index (χ0) is 22.8. The molecule has 31 heavy (non-hydrogen) atoms. The lowest BCUT2D eigenvalue weighted by Gasteiger charge is -2.11. The van der Waals surface area contributed by atoms with Crippen LogP contribution in [-0.2, 0) is 6.42 Å². The Bertz CT molecular complexity index is 973. The van der Waals surface area contributed by atoms with Crippen LogP contribution in [0.25, 0.3) is 11.0 Å². The molecule has 0 radical (unpaired) electrons. The molecule has 3 rings (SSSR count). The molecule has 0 aliphatic heterocycles. The van der Waals surface area contributed by atoms with Crippen LogP contribution in [0.5, 0.6) is 5.75 Å². The number of hydrogen-bond donors (Lipinski definition) is 1. The Balaban J connectivity index is 0.000000614. The minimum absolute atomic E-state index is 0.0138. The van der Waals surface area contributed by atoms with E-state index in [1.807, 2.05) is 43.3 Å². The fraction of sp³-hybridized carbons (Fsp3) is 0.400. The van der Waals surface area contributed by atoms with Gasteiger partial charge in [-0.15, -0.1) is 0 Å². The number of hydrogen-bond acceptors (Lipinski definition) is 4. The molecule has 168 valence electrons. The molecule has 4 nitrogen and oxygen atoms in total. The topological polar surface area (TPSA) is 51.5 Å². The van der Waals surface area contributed by atoms with Crippen molar-refractivity contribution in [3.63, 3.8) is 0 Å². The number of nitrogens with one attached hydrogen (secondary N) is 1. The first kappa shape index (κ1) is 26.1. The van der Waals surface area contributed by atoms with Crippen molar-refractivity contribution in [1.82, 2.24) is 5.32 Å². The first-order valence-corrected chi connectivity index (χ1v) is 13.0. The second kappa shape index (κ2) is 13.4. The maximum absolute atomic E-state index is 13.4. The van der Waals surface area contributed by atoms with Crippen LogP contribution in [0, 0.1) is 7.14 Å². The lowest BCUT2D eigenvalue weighted by molar-refractivity contribution is 0.103. The number of carbonyl (C=O) groups excluding carboxylic acids is 1. The third-order valence-corrected chi connectivity index (χ3v) is 6.30. The monoisotopic (exact) mass is 647 g/mol. The number of para-hydroxylation sites is 1. The molecule has 0 bridgehead atoms. The number of unbranched alkanes of at least 4 members (excludes halogenated alkanes) is 1. The van der Waals surface area contributed by atoms with Crippen LogP contribution in [0.2, 0.25) is 0 Å². The van der Waals surface area contributed by atoms with Crippen LogP contribution in [0.15, 0.2) is 40.8 Å². The first-order valence-electron chi connectivity index (χ1n) is 10.9. The number of fused-ring (bicyclic) bond motifs is 1. The minimum atomic E-state index is 0.0138. The number of rotatable bonds is 9. The van der Waals surface area contributed by atoms with E-state index < -0.39 is 0 Å². The van der Waals surface area contributed by atoms with E-state index in [4.69, 9.17) is 9.15 Å². The Hall–Kier alpha value is -1.13. The molecular weight excluding hydrogens is 616 g/mol. The van der Waals surface area contributed by atoms with E-state index in [0.29, 0.717) is 17.7 Å². The van der Waals surface area contributed by atoms with Crippen molar-refractivity contribution in [3.05, 3.63) is 60.4 Å². The van der Waals surface area contributed by atoms with Crippen LogP contribution in [0.4, 0.5) is 0 Å². The first-order chi connectivity index (χ1) is 15.0. The normalized spacial score (nSPS) is 10.6. The van der Waals surface area contributed by atoms with E-state index in [2.05, 4.69) is 71.3 Å². The van der Waals surface area contributed by atoms with Gasteiger partial charge in [0.1, 0.15) is 17.1 Å². The molecular formula is C25H31I2NO3. The highest BCUT2D eigenvalue weighted by molar-refractivity contribution is 14.1. The summed E-state index contributed by atoms with van der Waals surface area (Å²) in [6.45, 7) is 11.1. The molecule has 0 aliphatic rings. The summed E-state index contributed by atoms with van der Waals surface area (Å²) >= 11 is 4.46. The number of ether oxygens (including phenoxy) is 1. The van der Waals surface area contributed by atoms with E-state index in [-0.39, 0.29) is 5.78 Å². The fourth-order valence-electron chi connectivity index (χ4n) is 3.23. The van der Waals surface area contributed by atoms with Crippen molar-refractivity contribution in [3.8, 4) is 5.75 Å². The number of benzene rings is 2. The van der Waals surface area contributed by atoms with Gasteiger partial charge in [0.25, 0.3) is 0 Å². The summed E-state index contributed by atoms with van der Waals surface area (Å²) in [6.07, 6.45) is 2.83. The van der Waals surface area contributed by atoms with Crippen LogP contribution in [0.3, 0.4) is 0 Å². The third-order valence-electron chi connectivity index (χ3n) is 4.70. The molecule has 0 spiro atoms. The highest BCUT2D eigenvalue weighted by Crippen LogP contribution is 2.33. The van der Waals surface area contributed by atoms with Gasteiger partial charge in [0.05, 0.1) is 19.3 Å².